The van der Waals surface area contributed by atoms with Crippen LogP contribution in [0.1, 0.15) is 23.2 Å². The van der Waals surface area contributed by atoms with Crippen molar-refractivity contribution in [3.8, 4) is 0 Å². The average molecular weight is 210 g/mol. The monoisotopic (exact) mass is 210 g/mol. The minimum atomic E-state index is 0.114. The Morgan fingerprint density at radius 2 is 2.36 bits per heavy atom. The van der Waals surface area contributed by atoms with Gasteiger partial charge in [0, 0.05) is 24.5 Å². The van der Waals surface area contributed by atoms with Gasteiger partial charge in [0.1, 0.15) is 0 Å². The summed E-state index contributed by atoms with van der Waals surface area (Å²) in [4.78, 5) is 13.6. The van der Waals surface area contributed by atoms with Gasteiger partial charge in [-0.1, -0.05) is 0 Å². The Kier molecular flexibility index (Phi) is 2.56. The summed E-state index contributed by atoms with van der Waals surface area (Å²) in [6, 6.07) is 2.50. The highest BCUT2D eigenvalue weighted by molar-refractivity contribution is 7.08. The zero-order chi connectivity index (χ0) is 10.1. The highest BCUT2D eigenvalue weighted by Crippen LogP contribution is 2.24. The molecule has 4 heteroatoms. The van der Waals surface area contributed by atoms with E-state index in [1.54, 1.807) is 11.3 Å². The van der Waals surface area contributed by atoms with Crippen molar-refractivity contribution in [2.45, 2.75) is 24.9 Å². The molecule has 1 aliphatic rings. The second kappa shape index (κ2) is 3.71. The van der Waals surface area contributed by atoms with Gasteiger partial charge in [-0.05, 0) is 24.3 Å². The van der Waals surface area contributed by atoms with Gasteiger partial charge in [0.2, 0.25) is 0 Å². The number of rotatable bonds is 2. The fraction of sp³-hybridized carbons (Fsp3) is 0.500. The van der Waals surface area contributed by atoms with Gasteiger partial charge in [0.25, 0.3) is 5.91 Å². The van der Waals surface area contributed by atoms with Gasteiger partial charge in [-0.15, -0.1) is 0 Å². The summed E-state index contributed by atoms with van der Waals surface area (Å²) in [5.41, 5.74) is 6.48. The van der Waals surface area contributed by atoms with E-state index in [9.17, 15) is 4.79 Å². The number of carbonyl (C=O) groups excluding carboxylic acids is 1. The van der Waals surface area contributed by atoms with Gasteiger partial charge in [-0.3, -0.25) is 4.79 Å². The first-order chi connectivity index (χ1) is 6.68. The molecule has 76 valence electrons. The van der Waals surface area contributed by atoms with Crippen molar-refractivity contribution < 1.29 is 4.79 Å². The van der Waals surface area contributed by atoms with Crippen LogP contribution >= 0.6 is 11.3 Å². The third-order valence-electron chi connectivity index (χ3n) is 2.79. The Bertz CT molecular complexity index is 317. The number of thiophene rings is 1. The van der Waals surface area contributed by atoms with E-state index in [1.807, 2.05) is 28.8 Å². The number of nitrogens with two attached hydrogens (primary N) is 1. The molecule has 0 aliphatic heterocycles. The van der Waals surface area contributed by atoms with E-state index < -0.39 is 0 Å². The zero-order valence-electron chi connectivity index (χ0n) is 8.14. The predicted octanol–water partition coefficient (Wildman–Crippen LogP) is 1.31. The van der Waals surface area contributed by atoms with Crippen molar-refractivity contribution in [1.82, 2.24) is 4.90 Å². The molecule has 1 aliphatic carbocycles. The van der Waals surface area contributed by atoms with Gasteiger partial charge in [0.05, 0.1) is 5.56 Å². The summed E-state index contributed by atoms with van der Waals surface area (Å²) in [6.45, 7) is 0. The predicted molar refractivity (Wildman–Crippen MR) is 57.4 cm³/mol. The van der Waals surface area contributed by atoms with Crippen molar-refractivity contribution in [3.63, 3.8) is 0 Å². The van der Waals surface area contributed by atoms with Crippen LogP contribution in [0.25, 0.3) is 0 Å². The lowest BCUT2D eigenvalue weighted by atomic mass is 9.86. The smallest absolute Gasteiger partial charge is 0.254 e. The van der Waals surface area contributed by atoms with Gasteiger partial charge < -0.3 is 10.6 Å². The van der Waals surface area contributed by atoms with Crippen LogP contribution in [-0.4, -0.2) is 29.9 Å². The molecule has 0 spiro atoms. The Labute approximate surface area is 87.5 Å². The molecular formula is C10H14N2OS. The first-order valence-corrected chi connectivity index (χ1v) is 5.67. The van der Waals surface area contributed by atoms with E-state index in [1.165, 1.54) is 0 Å². The number of hydrogen-bond acceptors (Lipinski definition) is 3. The summed E-state index contributed by atoms with van der Waals surface area (Å²) >= 11 is 1.55. The maximum absolute atomic E-state index is 11.8. The number of hydrogen-bond donors (Lipinski definition) is 1. The molecule has 1 aromatic heterocycles. The molecule has 0 aromatic carbocycles. The molecule has 2 rings (SSSR count). The highest BCUT2D eigenvalue weighted by atomic mass is 32.1. The Morgan fingerprint density at radius 1 is 1.64 bits per heavy atom. The third kappa shape index (κ3) is 1.67. The molecular weight excluding hydrogens is 196 g/mol. The van der Waals surface area contributed by atoms with Crippen molar-refractivity contribution >= 4 is 17.2 Å². The minimum absolute atomic E-state index is 0.114. The normalized spacial score (nSPS) is 25.6. The van der Waals surface area contributed by atoms with Crippen LogP contribution in [0.2, 0.25) is 0 Å². The maximum Gasteiger partial charge on any atom is 0.254 e. The van der Waals surface area contributed by atoms with Gasteiger partial charge in [0.15, 0.2) is 0 Å². The molecule has 0 radical (unpaired) electrons. The summed E-state index contributed by atoms with van der Waals surface area (Å²) in [5.74, 6) is 0.114. The molecule has 1 aromatic rings. The minimum Gasteiger partial charge on any atom is -0.339 e. The second-order valence-electron chi connectivity index (χ2n) is 3.81. The molecule has 1 saturated carbocycles. The van der Waals surface area contributed by atoms with E-state index in [4.69, 9.17) is 5.73 Å². The Hall–Kier alpha value is -0.870. The van der Waals surface area contributed by atoms with Crippen molar-refractivity contribution in [2.75, 3.05) is 7.05 Å². The van der Waals surface area contributed by atoms with E-state index in [0.717, 1.165) is 18.4 Å². The lowest BCUT2D eigenvalue weighted by molar-refractivity contribution is 0.0626. The van der Waals surface area contributed by atoms with Crippen LogP contribution in [0, 0.1) is 0 Å². The average Bonchev–Trinajstić information content (AvgIpc) is 2.63. The molecule has 0 atom stereocenters. The van der Waals surface area contributed by atoms with E-state index in [-0.39, 0.29) is 11.9 Å². The maximum atomic E-state index is 11.8. The van der Waals surface area contributed by atoms with E-state index >= 15 is 0 Å². The van der Waals surface area contributed by atoms with Crippen LogP contribution in [0.15, 0.2) is 16.8 Å². The van der Waals surface area contributed by atoms with Gasteiger partial charge in [-0.2, -0.15) is 11.3 Å². The molecule has 1 amide bonds. The van der Waals surface area contributed by atoms with E-state index in [2.05, 4.69) is 0 Å². The topological polar surface area (TPSA) is 46.3 Å². The van der Waals surface area contributed by atoms with Crippen LogP contribution in [-0.2, 0) is 0 Å². The number of amides is 1. The summed E-state index contributed by atoms with van der Waals surface area (Å²) < 4.78 is 0. The Balaban J connectivity index is 1.99. The fourth-order valence-electron chi connectivity index (χ4n) is 1.70. The summed E-state index contributed by atoms with van der Waals surface area (Å²) in [6.07, 6.45) is 1.87. The van der Waals surface area contributed by atoms with Crippen molar-refractivity contribution in [1.29, 1.82) is 0 Å². The highest BCUT2D eigenvalue weighted by Gasteiger charge is 2.32. The molecule has 0 unspecified atom stereocenters. The molecule has 1 fully saturated rings. The quantitative estimate of drug-likeness (QED) is 0.800. The van der Waals surface area contributed by atoms with Crippen LogP contribution in [0.3, 0.4) is 0 Å². The number of nitrogens with zero attached hydrogens (tertiary/aromatic N) is 1. The van der Waals surface area contributed by atoms with Crippen LogP contribution in [0.4, 0.5) is 0 Å². The molecule has 1 heterocycles. The fourth-order valence-corrected chi connectivity index (χ4v) is 2.33. The standard InChI is InChI=1S/C10H14N2OS/c1-12(9-4-8(11)5-9)10(13)7-2-3-14-6-7/h2-3,6,8-9H,4-5,11H2,1H3. The first kappa shape index (κ1) is 9.68. The Morgan fingerprint density at radius 3 is 2.86 bits per heavy atom. The number of carbonyl (C=O) groups is 1. The third-order valence-corrected chi connectivity index (χ3v) is 3.47. The molecule has 2 N–H and O–H groups in total. The van der Waals surface area contributed by atoms with Crippen molar-refractivity contribution in [2.24, 2.45) is 5.73 Å². The molecule has 3 nitrogen and oxygen atoms in total. The zero-order valence-corrected chi connectivity index (χ0v) is 8.96. The summed E-state index contributed by atoms with van der Waals surface area (Å²) in [5, 5.41) is 3.81. The van der Waals surface area contributed by atoms with E-state index in [0.29, 0.717) is 6.04 Å². The second-order valence-corrected chi connectivity index (χ2v) is 4.59. The largest absolute Gasteiger partial charge is 0.339 e. The molecule has 0 bridgehead atoms. The lowest BCUT2D eigenvalue weighted by Crippen LogP contribution is -2.51. The van der Waals surface area contributed by atoms with Crippen molar-refractivity contribution in [3.05, 3.63) is 22.4 Å². The first-order valence-electron chi connectivity index (χ1n) is 4.73. The SMILES string of the molecule is CN(C(=O)c1ccsc1)C1CC(N)C1. The van der Waals surface area contributed by atoms with Gasteiger partial charge in [-0.25, -0.2) is 0 Å². The molecule has 0 saturated heterocycles. The van der Waals surface area contributed by atoms with Gasteiger partial charge >= 0.3 is 0 Å². The summed E-state index contributed by atoms with van der Waals surface area (Å²) in [7, 11) is 1.86. The lowest BCUT2D eigenvalue weighted by Gasteiger charge is -2.39. The molecule has 14 heavy (non-hydrogen) atoms. The van der Waals surface area contributed by atoms with Crippen LogP contribution < -0.4 is 5.73 Å². The van der Waals surface area contributed by atoms with Crippen LogP contribution in [0.5, 0.6) is 0 Å².